The molecule has 104 valence electrons. The lowest BCUT2D eigenvalue weighted by Gasteiger charge is -2.10. The van der Waals surface area contributed by atoms with Crippen LogP contribution in [-0.4, -0.2) is 11.0 Å². The Bertz CT molecular complexity index is 599. The van der Waals surface area contributed by atoms with Crippen LogP contribution >= 0.6 is 0 Å². The van der Waals surface area contributed by atoms with E-state index in [0.717, 1.165) is 12.1 Å². The maximum absolute atomic E-state index is 12.5. The number of carbonyl (C=O) groups excluding carboxylic acids is 1. The number of aromatic nitrogens is 1. The Morgan fingerprint density at radius 2 is 1.75 bits per heavy atom. The van der Waals surface area contributed by atoms with Crippen molar-refractivity contribution in [2.24, 2.45) is 0 Å². The SMILES string of the molecule is O=C(Nc1cccnc1)Nc1cccc(C(F)(F)F)c1. The summed E-state index contributed by atoms with van der Waals surface area (Å²) in [6, 6.07) is 6.99. The molecule has 0 atom stereocenters. The second-order valence-corrected chi connectivity index (χ2v) is 3.90. The second-order valence-electron chi connectivity index (χ2n) is 3.90. The summed E-state index contributed by atoms with van der Waals surface area (Å²) in [5.41, 5.74) is -0.324. The van der Waals surface area contributed by atoms with Crippen molar-refractivity contribution in [2.45, 2.75) is 6.18 Å². The summed E-state index contributed by atoms with van der Waals surface area (Å²) < 4.78 is 37.5. The zero-order chi connectivity index (χ0) is 14.6. The highest BCUT2D eigenvalue weighted by Gasteiger charge is 2.30. The number of hydrogen-bond donors (Lipinski definition) is 2. The van der Waals surface area contributed by atoms with Gasteiger partial charge in [-0.25, -0.2) is 4.79 Å². The van der Waals surface area contributed by atoms with Gasteiger partial charge in [-0.3, -0.25) is 4.98 Å². The third kappa shape index (κ3) is 3.71. The molecule has 2 N–H and O–H groups in total. The Labute approximate surface area is 112 Å². The number of pyridine rings is 1. The van der Waals surface area contributed by atoms with Crippen molar-refractivity contribution in [3.63, 3.8) is 0 Å². The van der Waals surface area contributed by atoms with Gasteiger partial charge in [0.05, 0.1) is 17.4 Å². The van der Waals surface area contributed by atoms with Crippen molar-refractivity contribution >= 4 is 17.4 Å². The molecule has 2 aromatic rings. The molecule has 7 heteroatoms. The topological polar surface area (TPSA) is 54.0 Å². The molecule has 0 fully saturated rings. The summed E-state index contributed by atoms with van der Waals surface area (Å²) >= 11 is 0. The summed E-state index contributed by atoms with van der Waals surface area (Å²) in [6.07, 6.45) is -1.49. The molecule has 2 amide bonds. The summed E-state index contributed by atoms with van der Waals surface area (Å²) in [7, 11) is 0. The van der Waals surface area contributed by atoms with Crippen LogP contribution in [0.3, 0.4) is 0 Å². The number of rotatable bonds is 2. The van der Waals surface area contributed by atoms with E-state index in [9.17, 15) is 18.0 Å². The lowest BCUT2D eigenvalue weighted by atomic mass is 10.2. The molecule has 0 saturated carbocycles. The van der Waals surface area contributed by atoms with Gasteiger partial charge in [-0.2, -0.15) is 13.2 Å². The van der Waals surface area contributed by atoms with Gasteiger partial charge in [-0.1, -0.05) is 6.07 Å². The van der Waals surface area contributed by atoms with Crippen LogP contribution in [0.5, 0.6) is 0 Å². The smallest absolute Gasteiger partial charge is 0.308 e. The first-order valence-electron chi connectivity index (χ1n) is 5.60. The predicted molar refractivity (Wildman–Crippen MR) is 68.3 cm³/mol. The number of amides is 2. The first kappa shape index (κ1) is 13.9. The number of carbonyl (C=O) groups is 1. The minimum Gasteiger partial charge on any atom is -0.308 e. The van der Waals surface area contributed by atoms with E-state index in [4.69, 9.17) is 0 Å². The van der Waals surface area contributed by atoms with Gasteiger partial charge in [-0.05, 0) is 30.3 Å². The number of hydrogen-bond acceptors (Lipinski definition) is 2. The van der Waals surface area contributed by atoms with Gasteiger partial charge in [0, 0.05) is 11.9 Å². The van der Waals surface area contributed by atoms with Crippen molar-refractivity contribution < 1.29 is 18.0 Å². The molecule has 0 aliphatic rings. The highest BCUT2D eigenvalue weighted by atomic mass is 19.4. The maximum Gasteiger partial charge on any atom is 0.416 e. The molecule has 0 spiro atoms. The summed E-state index contributed by atoms with van der Waals surface area (Å²) in [5.74, 6) is 0. The molecule has 0 aliphatic heterocycles. The number of benzene rings is 1. The maximum atomic E-state index is 12.5. The van der Waals surface area contributed by atoms with E-state index in [2.05, 4.69) is 15.6 Å². The van der Waals surface area contributed by atoms with Gasteiger partial charge in [0.15, 0.2) is 0 Å². The first-order chi connectivity index (χ1) is 9.45. The largest absolute Gasteiger partial charge is 0.416 e. The quantitative estimate of drug-likeness (QED) is 0.881. The predicted octanol–water partition coefficient (Wildman–Crippen LogP) is 3.74. The molecule has 2 rings (SSSR count). The molecular weight excluding hydrogens is 271 g/mol. The molecule has 20 heavy (non-hydrogen) atoms. The molecule has 0 bridgehead atoms. The Kier molecular flexibility index (Phi) is 3.88. The third-order valence-electron chi connectivity index (χ3n) is 2.37. The number of urea groups is 1. The van der Waals surface area contributed by atoms with Crippen molar-refractivity contribution in [2.75, 3.05) is 10.6 Å². The minimum absolute atomic E-state index is 0.0567. The molecule has 0 radical (unpaired) electrons. The van der Waals surface area contributed by atoms with Gasteiger partial charge in [-0.15, -0.1) is 0 Å². The number of nitrogens with zero attached hydrogens (tertiary/aromatic N) is 1. The number of anilines is 2. The number of alkyl halides is 3. The van der Waals surface area contributed by atoms with Gasteiger partial charge in [0.1, 0.15) is 0 Å². The zero-order valence-corrected chi connectivity index (χ0v) is 10.1. The molecule has 0 unspecified atom stereocenters. The van der Waals surface area contributed by atoms with Crippen LogP contribution in [0.2, 0.25) is 0 Å². The van der Waals surface area contributed by atoms with Crippen LogP contribution in [0.4, 0.5) is 29.3 Å². The average Bonchev–Trinajstić information content (AvgIpc) is 2.39. The number of nitrogens with one attached hydrogen (secondary N) is 2. The molecule has 4 nitrogen and oxygen atoms in total. The van der Waals surface area contributed by atoms with Crippen molar-refractivity contribution in [3.8, 4) is 0 Å². The van der Waals surface area contributed by atoms with E-state index in [1.165, 1.54) is 24.5 Å². The summed E-state index contributed by atoms with van der Waals surface area (Å²) in [6.45, 7) is 0. The Morgan fingerprint density at radius 3 is 2.40 bits per heavy atom. The van der Waals surface area contributed by atoms with Crippen molar-refractivity contribution in [1.82, 2.24) is 4.98 Å². The Hall–Kier alpha value is -2.57. The molecule has 0 saturated heterocycles. The fraction of sp³-hybridized carbons (Fsp3) is 0.0769. The zero-order valence-electron chi connectivity index (χ0n) is 10.1. The van der Waals surface area contributed by atoms with Crippen LogP contribution in [0.25, 0.3) is 0 Å². The van der Waals surface area contributed by atoms with Gasteiger partial charge < -0.3 is 10.6 Å². The van der Waals surface area contributed by atoms with Crippen LogP contribution in [0.1, 0.15) is 5.56 Å². The normalized spacial score (nSPS) is 10.9. The highest BCUT2D eigenvalue weighted by molar-refractivity contribution is 5.99. The number of halogens is 3. The van der Waals surface area contributed by atoms with E-state index in [-0.39, 0.29) is 5.69 Å². The second kappa shape index (κ2) is 5.60. The fourth-order valence-electron chi connectivity index (χ4n) is 1.50. The third-order valence-corrected chi connectivity index (χ3v) is 2.37. The van der Waals surface area contributed by atoms with E-state index in [1.807, 2.05) is 0 Å². The van der Waals surface area contributed by atoms with Crippen LogP contribution in [0.15, 0.2) is 48.8 Å². The van der Waals surface area contributed by atoms with Gasteiger partial charge in [0.25, 0.3) is 0 Å². The monoisotopic (exact) mass is 281 g/mol. The van der Waals surface area contributed by atoms with E-state index in [0.29, 0.717) is 5.69 Å². The summed E-state index contributed by atoms with van der Waals surface area (Å²) in [4.78, 5) is 15.4. The van der Waals surface area contributed by atoms with Crippen LogP contribution < -0.4 is 10.6 Å². The Balaban J connectivity index is 2.05. The molecule has 1 aromatic carbocycles. The first-order valence-corrected chi connectivity index (χ1v) is 5.60. The van der Waals surface area contributed by atoms with Crippen molar-refractivity contribution in [3.05, 3.63) is 54.4 Å². The lowest BCUT2D eigenvalue weighted by Crippen LogP contribution is -2.19. The molecular formula is C13H10F3N3O. The van der Waals surface area contributed by atoms with Gasteiger partial charge >= 0.3 is 12.2 Å². The van der Waals surface area contributed by atoms with Crippen LogP contribution in [0, 0.1) is 0 Å². The standard InChI is InChI=1S/C13H10F3N3O/c14-13(15,16)9-3-1-4-10(7-9)18-12(20)19-11-5-2-6-17-8-11/h1-8H,(H2,18,19,20). The van der Waals surface area contributed by atoms with Crippen LogP contribution in [-0.2, 0) is 6.18 Å². The van der Waals surface area contributed by atoms with E-state index < -0.39 is 17.8 Å². The van der Waals surface area contributed by atoms with E-state index in [1.54, 1.807) is 12.1 Å². The lowest BCUT2D eigenvalue weighted by molar-refractivity contribution is -0.137. The van der Waals surface area contributed by atoms with Gasteiger partial charge in [0.2, 0.25) is 0 Å². The molecule has 0 aliphatic carbocycles. The summed E-state index contributed by atoms with van der Waals surface area (Å²) in [5, 5.41) is 4.78. The fourth-order valence-corrected chi connectivity index (χ4v) is 1.50. The highest BCUT2D eigenvalue weighted by Crippen LogP contribution is 2.30. The minimum atomic E-state index is -4.45. The average molecular weight is 281 g/mol. The van der Waals surface area contributed by atoms with E-state index >= 15 is 0 Å². The molecule has 1 aromatic heterocycles. The molecule has 1 heterocycles. The Morgan fingerprint density at radius 1 is 1.05 bits per heavy atom. The van der Waals surface area contributed by atoms with Crippen molar-refractivity contribution in [1.29, 1.82) is 0 Å².